The van der Waals surface area contributed by atoms with Crippen LogP contribution in [0.3, 0.4) is 0 Å². The second kappa shape index (κ2) is 6.88. The van der Waals surface area contributed by atoms with Gasteiger partial charge < -0.3 is 10.2 Å². The largest absolute Gasteiger partial charge is 0.416 e. The molecule has 1 amide bonds. The number of rotatable bonds is 4. The summed E-state index contributed by atoms with van der Waals surface area (Å²) in [6.07, 6.45) is -3.48. The van der Waals surface area contributed by atoms with Crippen molar-refractivity contribution in [1.29, 1.82) is 0 Å². The number of likely N-dealkylation sites (tertiary alicyclic amines) is 1. The highest BCUT2D eigenvalue weighted by Crippen LogP contribution is 2.35. The Hall–Kier alpha value is -1.60. The topological polar surface area (TPSA) is 35.6 Å². The molecule has 0 radical (unpaired) electrons. The second-order valence-corrected chi connectivity index (χ2v) is 6.19. The van der Waals surface area contributed by atoms with Gasteiger partial charge in [-0.25, -0.2) is 0 Å². The van der Waals surface area contributed by atoms with Gasteiger partial charge in [-0.3, -0.25) is 9.69 Å². The lowest BCUT2D eigenvalue weighted by molar-refractivity contribution is -0.138. The normalized spacial score (nSPS) is 19.3. The van der Waals surface area contributed by atoms with Crippen molar-refractivity contribution in [2.75, 3.05) is 32.5 Å². The first-order valence-electron chi connectivity index (χ1n) is 7.53. The Morgan fingerprint density at radius 1 is 1.39 bits per heavy atom. The fourth-order valence-corrected chi connectivity index (χ4v) is 2.88. The number of nitrogens with one attached hydrogen (secondary N) is 1. The summed E-state index contributed by atoms with van der Waals surface area (Å²) in [5, 5.41) is 2.40. The maximum atomic E-state index is 13.3. The number of halogens is 3. The van der Waals surface area contributed by atoms with E-state index >= 15 is 0 Å². The third kappa shape index (κ3) is 4.68. The van der Waals surface area contributed by atoms with E-state index in [0.717, 1.165) is 25.6 Å². The van der Waals surface area contributed by atoms with Crippen molar-refractivity contribution in [2.45, 2.75) is 32.1 Å². The number of hydrogen-bond donors (Lipinski definition) is 1. The van der Waals surface area contributed by atoms with E-state index < -0.39 is 11.7 Å². The van der Waals surface area contributed by atoms with Crippen LogP contribution in [-0.2, 0) is 17.5 Å². The van der Waals surface area contributed by atoms with Crippen molar-refractivity contribution in [2.24, 2.45) is 0 Å². The number of benzene rings is 1. The van der Waals surface area contributed by atoms with Crippen LogP contribution < -0.4 is 5.32 Å². The van der Waals surface area contributed by atoms with Gasteiger partial charge in [0.1, 0.15) is 0 Å². The van der Waals surface area contributed by atoms with Crippen LogP contribution in [0, 0.1) is 0 Å². The third-order valence-electron chi connectivity index (χ3n) is 4.11. The minimum Gasteiger partial charge on any atom is -0.326 e. The maximum absolute atomic E-state index is 13.3. The fraction of sp³-hybridized carbons (Fsp3) is 0.562. The van der Waals surface area contributed by atoms with Gasteiger partial charge in [-0.1, -0.05) is 6.07 Å². The van der Waals surface area contributed by atoms with Crippen LogP contribution in [0.15, 0.2) is 18.2 Å². The number of hydrogen-bond acceptors (Lipinski definition) is 3. The molecule has 2 rings (SSSR count). The first-order chi connectivity index (χ1) is 10.7. The van der Waals surface area contributed by atoms with Crippen LogP contribution in [0.25, 0.3) is 0 Å². The van der Waals surface area contributed by atoms with E-state index in [-0.39, 0.29) is 23.7 Å². The third-order valence-corrected chi connectivity index (χ3v) is 4.11. The zero-order valence-electron chi connectivity index (χ0n) is 13.6. The summed E-state index contributed by atoms with van der Waals surface area (Å²) in [7, 11) is 3.97. The Morgan fingerprint density at radius 3 is 2.61 bits per heavy atom. The predicted octanol–water partition coefficient (Wildman–Crippen LogP) is 2.80. The van der Waals surface area contributed by atoms with Crippen LogP contribution in [-0.4, -0.2) is 48.9 Å². The molecule has 0 unspecified atom stereocenters. The molecule has 7 heteroatoms. The quantitative estimate of drug-likeness (QED) is 0.923. The minimum absolute atomic E-state index is 0.168. The van der Waals surface area contributed by atoms with Crippen LogP contribution >= 0.6 is 0 Å². The molecule has 1 heterocycles. The summed E-state index contributed by atoms with van der Waals surface area (Å²) < 4.78 is 39.9. The summed E-state index contributed by atoms with van der Waals surface area (Å²) in [6, 6.07) is 4.36. The summed E-state index contributed by atoms with van der Waals surface area (Å²) in [4.78, 5) is 15.2. The zero-order chi connectivity index (χ0) is 17.2. The summed E-state index contributed by atoms with van der Waals surface area (Å²) >= 11 is 0. The summed E-state index contributed by atoms with van der Waals surface area (Å²) in [6.45, 7) is 3.08. The summed E-state index contributed by atoms with van der Waals surface area (Å²) in [5.41, 5.74) is -0.274. The van der Waals surface area contributed by atoms with Crippen LogP contribution in [0.4, 0.5) is 18.9 Å². The van der Waals surface area contributed by atoms with Crippen molar-refractivity contribution >= 4 is 11.6 Å². The molecule has 1 aromatic carbocycles. The van der Waals surface area contributed by atoms with Gasteiger partial charge in [0.05, 0.1) is 5.56 Å². The van der Waals surface area contributed by atoms with Crippen LogP contribution in [0.2, 0.25) is 0 Å². The molecule has 0 spiro atoms. The number of amides is 1. The van der Waals surface area contributed by atoms with E-state index in [1.165, 1.54) is 19.1 Å². The maximum Gasteiger partial charge on any atom is 0.416 e. The number of carbonyl (C=O) groups excluding carboxylic acids is 1. The number of alkyl halides is 3. The molecular weight excluding hydrogens is 307 g/mol. The highest BCUT2D eigenvalue weighted by molar-refractivity contribution is 5.88. The molecular formula is C16H22F3N3O. The highest BCUT2D eigenvalue weighted by Gasteiger charge is 2.35. The Labute approximate surface area is 134 Å². The molecule has 1 N–H and O–H groups in total. The van der Waals surface area contributed by atoms with Crippen molar-refractivity contribution in [3.8, 4) is 0 Å². The predicted molar refractivity (Wildman–Crippen MR) is 83.1 cm³/mol. The van der Waals surface area contributed by atoms with Gasteiger partial charge in [0.15, 0.2) is 0 Å². The van der Waals surface area contributed by atoms with Gasteiger partial charge in [0.2, 0.25) is 5.91 Å². The molecule has 128 valence electrons. The first kappa shape index (κ1) is 17.7. The lowest BCUT2D eigenvalue weighted by Crippen LogP contribution is -2.31. The average molecular weight is 329 g/mol. The Balaban J connectivity index is 2.19. The van der Waals surface area contributed by atoms with Crippen molar-refractivity contribution in [1.82, 2.24) is 9.80 Å². The van der Waals surface area contributed by atoms with E-state index in [4.69, 9.17) is 0 Å². The van der Waals surface area contributed by atoms with Gasteiger partial charge in [-0.2, -0.15) is 13.2 Å². The number of anilines is 1. The number of likely N-dealkylation sites (N-methyl/N-ethyl adjacent to an activating group) is 1. The molecule has 23 heavy (non-hydrogen) atoms. The molecule has 4 nitrogen and oxygen atoms in total. The molecule has 0 bridgehead atoms. The monoisotopic (exact) mass is 329 g/mol. The van der Waals surface area contributed by atoms with E-state index in [9.17, 15) is 18.0 Å². The molecule has 1 aliphatic rings. The molecule has 1 saturated heterocycles. The molecule has 1 aliphatic heterocycles. The number of carbonyl (C=O) groups is 1. The molecule has 0 aliphatic carbocycles. The SMILES string of the molecule is CC(=O)Nc1ccc(CN2CC[C@@H](N(C)C)C2)c(C(F)(F)F)c1. The minimum atomic E-state index is -4.44. The standard InChI is InChI=1S/C16H22F3N3O/c1-11(23)20-13-5-4-12(15(8-13)16(17,18)19)9-22-7-6-14(10-22)21(2)3/h4-5,8,14H,6-7,9-10H2,1-3H3,(H,20,23)/t14-/m1/s1. The molecule has 1 atom stereocenters. The highest BCUT2D eigenvalue weighted by atomic mass is 19.4. The first-order valence-corrected chi connectivity index (χ1v) is 7.53. The van der Waals surface area contributed by atoms with E-state index in [0.29, 0.717) is 6.04 Å². The van der Waals surface area contributed by atoms with Gasteiger partial charge in [0, 0.05) is 38.3 Å². The number of nitrogens with zero attached hydrogens (tertiary/aromatic N) is 2. The van der Waals surface area contributed by atoms with Gasteiger partial charge >= 0.3 is 6.18 Å². The Bertz CT molecular complexity index is 572. The lowest BCUT2D eigenvalue weighted by Gasteiger charge is -2.22. The fourth-order valence-electron chi connectivity index (χ4n) is 2.88. The Kier molecular flexibility index (Phi) is 5.31. The molecule has 1 aromatic rings. The second-order valence-electron chi connectivity index (χ2n) is 6.19. The zero-order valence-corrected chi connectivity index (χ0v) is 13.6. The molecule has 0 aromatic heterocycles. The van der Waals surface area contributed by atoms with E-state index in [1.54, 1.807) is 0 Å². The van der Waals surface area contributed by atoms with Gasteiger partial charge in [-0.05, 0) is 38.2 Å². The van der Waals surface area contributed by atoms with E-state index in [1.807, 2.05) is 19.0 Å². The van der Waals surface area contributed by atoms with Crippen LogP contribution in [0.5, 0.6) is 0 Å². The van der Waals surface area contributed by atoms with Crippen molar-refractivity contribution in [3.05, 3.63) is 29.3 Å². The lowest BCUT2D eigenvalue weighted by atomic mass is 10.1. The van der Waals surface area contributed by atoms with E-state index in [2.05, 4.69) is 10.2 Å². The van der Waals surface area contributed by atoms with Gasteiger partial charge in [-0.15, -0.1) is 0 Å². The smallest absolute Gasteiger partial charge is 0.326 e. The molecule has 0 saturated carbocycles. The summed E-state index contributed by atoms with van der Waals surface area (Å²) in [5.74, 6) is -0.390. The molecule has 1 fully saturated rings. The average Bonchev–Trinajstić information content (AvgIpc) is 2.87. The van der Waals surface area contributed by atoms with Crippen LogP contribution in [0.1, 0.15) is 24.5 Å². The van der Waals surface area contributed by atoms with Crippen molar-refractivity contribution < 1.29 is 18.0 Å². The Morgan fingerprint density at radius 2 is 2.09 bits per heavy atom. The van der Waals surface area contributed by atoms with Crippen molar-refractivity contribution in [3.63, 3.8) is 0 Å². The van der Waals surface area contributed by atoms with Gasteiger partial charge in [0.25, 0.3) is 0 Å².